The third-order valence-electron chi connectivity index (χ3n) is 10.8. The highest BCUT2D eigenvalue weighted by atomic mass is 35.5. The van der Waals surface area contributed by atoms with E-state index in [0.29, 0.717) is 27.9 Å². The number of benzene rings is 3. The van der Waals surface area contributed by atoms with E-state index in [1.165, 1.54) is 55.5 Å². The second kappa shape index (κ2) is 33.8. The maximum atomic E-state index is 12.0. The molecule has 0 saturated heterocycles. The van der Waals surface area contributed by atoms with Gasteiger partial charge in [0.25, 0.3) is 34.7 Å². The molecule has 8 N–H and O–H groups in total. The summed E-state index contributed by atoms with van der Waals surface area (Å²) in [4.78, 5) is 111. The summed E-state index contributed by atoms with van der Waals surface area (Å²) in [7, 11) is 0. The van der Waals surface area contributed by atoms with E-state index in [9.17, 15) is 43.2 Å². The Bertz CT molecular complexity index is 4160. The molecule has 28 nitrogen and oxygen atoms in total. The largest absolute Gasteiger partial charge is 0.450 e. The number of carbonyl (C=O) groups is 4. The fourth-order valence-electron chi connectivity index (χ4n) is 6.69. The van der Waals surface area contributed by atoms with Crippen LogP contribution in [0.4, 0.5) is 10.5 Å². The number of nitrogens with one attached hydrogen (secondary N) is 6. The van der Waals surface area contributed by atoms with Crippen molar-refractivity contribution >= 4 is 116 Å². The molecule has 0 aliphatic carbocycles. The number of amides is 4. The molecule has 4 heterocycles. The molecular formula is C54H50Cl7N15O13. The van der Waals surface area contributed by atoms with E-state index in [1.807, 2.05) is 57.2 Å². The highest BCUT2D eigenvalue weighted by Crippen LogP contribution is 2.40. The topological polar surface area (TPSA) is 401 Å². The first-order valence-corrected chi connectivity index (χ1v) is 28.0. The first-order chi connectivity index (χ1) is 41.9. The Morgan fingerprint density at radius 2 is 1.08 bits per heavy atom. The van der Waals surface area contributed by atoms with Crippen LogP contribution in [0.1, 0.15) is 101 Å². The van der Waals surface area contributed by atoms with E-state index in [1.54, 1.807) is 19.1 Å². The minimum absolute atomic E-state index is 0.00170. The third-order valence-corrected chi connectivity index (χ3v) is 12.7. The number of imide groups is 2. The first-order valence-electron chi connectivity index (χ1n) is 25.4. The molecule has 4 aromatic heterocycles. The van der Waals surface area contributed by atoms with Crippen molar-refractivity contribution in [1.29, 1.82) is 5.26 Å². The number of aromatic amines is 4. The Balaban J connectivity index is 0.000000267. The predicted octanol–water partition coefficient (Wildman–Crippen LogP) is 9.64. The number of hydrogen-bond donors (Lipinski definition) is 7. The van der Waals surface area contributed by atoms with E-state index in [0.717, 1.165) is 4.68 Å². The first kappa shape index (κ1) is 72.3. The Morgan fingerprint density at radius 1 is 0.674 bits per heavy atom. The molecular weight excluding hydrogens is 1310 g/mol. The number of ether oxygens (including phenoxy) is 4. The number of H-pyrrole nitrogens is 4. The number of anilines is 1. The molecule has 0 saturated carbocycles. The fraction of sp³-hybridized carbons (Fsp3) is 0.259. The van der Waals surface area contributed by atoms with Gasteiger partial charge in [0.2, 0.25) is 29.2 Å². The van der Waals surface area contributed by atoms with Crippen LogP contribution in [-0.4, -0.2) is 87.5 Å². The number of nitrogen functional groups attached to an aromatic ring is 1. The van der Waals surface area contributed by atoms with Gasteiger partial charge in [0.15, 0.2) is 22.4 Å². The predicted molar refractivity (Wildman–Crippen MR) is 332 cm³/mol. The van der Waals surface area contributed by atoms with Gasteiger partial charge in [-0.05, 0) is 66.6 Å². The minimum Gasteiger partial charge on any atom is -0.450 e. The number of carbonyl (C=O) groups excluding carboxylic acids is 4. The van der Waals surface area contributed by atoms with Crippen molar-refractivity contribution in [2.24, 2.45) is 4.99 Å². The van der Waals surface area contributed by atoms with Crippen LogP contribution in [0.2, 0.25) is 30.1 Å². The maximum Gasteiger partial charge on any atom is 0.414 e. The molecule has 0 aliphatic heterocycles. The van der Waals surface area contributed by atoms with Crippen molar-refractivity contribution in [3.8, 4) is 46.6 Å². The van der Waals surface area contributed by atoms with Crippen LogP contribution in [0.3, 0.4) is 0 Å². The number of alkyl carbamates (subject to hydrolysis) is 1. The van der Waals surface area contributed by atoms with E-state index in [4.69, 9.17) is 113 Å². The summed E-state index contributed by atoms with van der Waals surface area (Å²) in [5.41, 5.74) is 5.07. The van der Waals surface area contributed by atoms with Gasteiger partial charge in [-0.25, -0.2) is 31.5 Å². The number of nitrogens with zero attached hydrogens (tertiary/aromatic N) is 8. The van der Waals surface area contributed by atoms with Crippen LogP contribution < -0.4 is 58.5 Å². The monoisotopic (exact) mass is 1360 g/mol. The normalized spacial score (nSPS) is 10.7. The average Bonchev–Trinajstić information content (AvgIpc) is 2.06. The molecule has 7 rings (SSSR count). The molecule has 0 unspecified atom stereocenters. The molecule has 35 heteroatoms. The molecule has 0 aliphatic rings. The number of nitrogens with two attached hydrogens (primary N) is 1. The summed E-state index contributed by atoms with van der Waals surface area (Å²) in [5.74, 6) is -1.21. The van der Waals surface area contributed by atoms with Crippen LogP contribution in [0.25, 0.3) is 10.5 Å². The van der Waals surface area contributed by atoms with Gasteiger partial charge in [0.1, 0.15) is 6.07 Å². The zero-order chi connectivity index (χ0) is 66.6. The maximum absolute atomic E-state index is 12.0. The van der Waals surface area contributed by atoms with Gasteiger partial charge in [-0.2, -0.15) is 9.94 Å². The highest BCUT2D eigenvalue weighted by Gasteiger charge is 2.20. The van der Waals surface area contributed by atoms with Crippen molar-refractivity contribution < 1.29 is 38.1 Å². The molecule has 7 aromatic rings. The smallest absolute Gasteiger partial charge is 0.414 e. The second-order valence-corrected chi connectivity index (χ2v) is 21.3. The lowest BCUT2D eigenvalue weighted by atomic mass is 10.1. The number of aromatic nitrogens is 9. The zero-order valence-electron chi connectivity index (χ0n) is 47.7. The van der Waals surface area contributed by atoms with Gasteiger partial charge in [-0.1, -0.05) is 123 Å². The van der Waals surface area contributed by atoms with Crippen molar-refractivity contribution in [2.75, 3.05) is 18.9 Å². The Hall–Kier alpha value is -9.13. The Kier molecular flexibility index (Phi) is 27.5. The number of aliphatic imine (C=N–C) groups is 1. The summed E-state index contributed by atoms with van der Waals surface area (Å²) in [6.07, 6.45) is -0.804. The van der Waals surface area contributed by atoms with Crippen molar-refractivity contribution in [3.05, 3.63) is 176 Å². The van der Waals surface area contributed by atoms with Crippen LogP contribution >= 0.6 is 81.2 Å². The van der Waals surface area contributed by atoms with E-state index in [2.05, 4.69) is 50.3 Å². The summed E-state index contributed by atoms with van der Waals surface area (Å²) in [5, 5.41) is 35.5. The lowest BCUT2D eigenvalue weighted by Gasteiger charge is -2.12. The van der Waals surface area contributed by atoms with E-state index in [-0.39, 0.29) is 130 Å². The summed E-state index contributed by atoms with van der Waals surface area (Å²) >= 11 is 42.8. The molecule has 0 fully saturated rings. The number of rotatable bonds is 15. The third kappa shape index (κ3) is 21.6. The van der Waals surface area contributed by atoms with Crippen LogP contribution in [0, 0.1) is 17.9 Å². The molecule has 468 valence electrons. The quantitative estimate of drug-likeness (QED) is 0.0285. The highest BCUT2D eigenvalue weighted by molar-refractivity contribution is 6.83. The minimum atomic E-state index is -0.906. The van der Waals surface area contributed by atoms with Crippen LogP contribution in [0.15, 0.2) is 83.6 Å². The molecule has 0 atom stereocenters. The molecule has 4 amide bonds. The van der Waals surface area contributed by atoms with Gasteiger partial charge in [0, 0.05) is 47.5 Å². The SMILES string of the molecule is CC(=O)NC(=O)C(Cl)=NCc1cc(Cl)c(Oc2cc(C(C)C)c(=O)[nH]n2)c(Cl)c1.CC(C)c1cc(Oc2c(Cl)cc(-n3nc(C#N)c(=O)[nH]c3=O)cc2Cl)n[nH]c1=O.CC(C)c1cc(Oc2c(Cl)cc(N)cc2Cl)n[nH]c1=O.[C-]#[N+]CC(=O)NC(=O)OCC. The summed E-state index contributed by atoms with van der Waals surface area (Å²) < 4.78 is 21.9. The van der Waals surface area contributed by atoms with Crippen molar-refractivity contribution in [1.82, 2.24) is 56.0 Å². The number of halogens is 7. The van der Waals surface area contributed by atoms with Crippen LogP contribution in [0.5, 0.6) is 34.9 Å². The van der Waals surface area contributed by atoms with Crippen LogP contribution in [-0.2, 0) is 25.7 Å². The number of nitriles is 1. The van der Waals surface area contributed by atoms with Gasteiger partial charge < -0.3 is 29.5 Å². The van der Waals surface area contributed by atoms with Gasteiger partial charge in [-0.15, -0.1) is 20.4 Å². The summed E-state index contributed by atoms with van der Waals surface area (Å²) in [6.45, 7) is 20.2. The molecule has 89 heavy (non-hydrogen) atoms. The molecule has 0 radical (unpaired) electrons. The molecule has 0 spiro atoms. The molecule has 0 bridgehead atoms. The van der Waals surface area contributed by atoms with Crippen molar-refractivity contribution in [2.45, 2.75) is 79.7 Å². The standard InChI is InChI=1S/C18H17Cl3N4O4.C17H12Cl2N6O4.C13H13Cl2N3O2.C6H8N2O3/c1-8(2)11-6-14(24-25-17(11)27)29-15-12(19)4-10(5-13(15)20)7-22-16(21)18(28)23-9(3)26;1-7(2)9-5-13(22-23-15(9)26)29-14-10(18)3-8(4-11(14)19)25-17(28)21-16(27)12(6-20)24-25;1-6(2)8-5-11(17-18-13(8)19)20-12-9(14)3-7(16)4-10(12)15;1-3-11-6(10)8-5(9)4-7-2/h4-6,8H,7H2,1-3H3,(H,25,27)(H,23,26,28);3-5,7H,1-2H3,(H,23,26)(H,21,27,28);3-6H,16H2,1-2H3,(H,18,19);3-4H2,1H3,(H,8,9,10). The van der Waals surface area contributed by atoms with Gasteiger partial charge >= 0.3 is 17.7 Å². The molecule has 3 aromatic carbocycles. The number of hydrogen-bond acceptors (Lipinski definition) is 20. The van der Waals surface area contributed by atoms with Gasteiger partial charge in [-0.3, -0.25) is 54.2 Å². The Morgan fingerprint density at radius 3 is 1.45 bits per heavy atom. The lowest BCUT2D eigenvalue weighted by Crippen LogP contribution is -2.33. The fourth-order valence-corrected chi connectivity index (χ4v) is 8.54. The second-order valence-electron chi connectivity index (χ2n) is 18.5. The Labute approximate surface area is 538 Å². The zero-order valence-corrected chi connectivity index (χ0v) is 52.9. The lowest BCUT2D eigenvalue weighted by molar-refractivity contribution is -0.125. The van der Waals surface area contributed by atoms with Gasteiger partial charge in [0.05, 0.1) is 49.0 Å². The summed E-state index contributed by atoms with van der Waals surface area (Å²) in [6, 6.07) is 14.9. The van der Waals surface area contributed by atoms with E-state index < -0.39 is 40.8 Å². The van der Waals surface area contributed by atoms with E-state index >= 15 is 0 Å². The average molecular weight is 1370 g/mol. The van der Waals surface area contributed by atoms with Crippen molar-refractivity contribution in [3.63, 3.8) is 0 Å².